The molecule has 0 spiro atoms. The summed E-state index contributed by atoms with van der Waals surface area (Å²) in [4.78, 5) is 25.9. The molecule has 1 amide bonds. The summed E-state index contributed by atoms with van der Waals surface area (Å²) in [5.41, 5.74) is 3.00. The van der Waals surface area contributed by atoms with E-state index in [0.29, 0.717) is 22.4 Å². The number of fused-ring (bicyclic) bond motifs is 1. The second kappa shape index (κ2) is 10.5. The van der Waals surface area contributed by atoms with E-state index in [4.69, 9.17) is 26.1 Å². The largest absolute Gasteiger partial charge is 0.461 e. The fraction of sp³-hybridized carbons (Fsp3) is 0.522. The van der Waals surface area contributed by atoms with Crippen molar-refractivity contribution in [3.63, 3.8) is 0 Å². The molecule has 2 aromatic rings. The van der Waals surface area contributed by atoms with E-state index in [2.05, 4.69) is 45.3 Å². The van der Waals surface area contributed by atoms with Gasteiger partial charge < -0.3 is 19.8 Å². The van der Waals surface area contributed by atoms with Crippen molar-refractivity contribution in [1.82, 2.24) is 25.2 Å². The first kappa shape index (κ1) is 22.8. The summed E-state index contributed by atoms with van der Waals surface area (Å²) in [6.45, 7) is 7.96. The van der Waals surface area contributed by atoms with E-state index in [9.17, 15) is 4.79 Å². The number of aromatic nitrogens is 3. The van der Waals surface area contributed by atoms with E-state index >= 15 is 0 Å². The number of allylic oxidation sites excluding steroid dienone is 3. The first-order chi connectivity index (χ1) is 15.5. The van der Waals surface area contributed by atoms with Crippen LogP contribution in [0.2, 0.25) is 5.02 Å². The molecule has 2 aromatic heterocycles. The summed E-state index contributed by atoms with van der Waals surface area (Å²) in [5, 5.41) is 3.46. The van der Waals surface area contributed by atoms with Crippen LogP contribution < -0.4 is 10.1 Å². The van der Waals surface area contributed by atoms with Gasteiger partial charge in [0.2, 0.25) is 5.91 Å². The van der Waals surface area contributed by atoms with Gasteiger partial charge in [-0.05, 0) is 18.1 Å². The lowest BCUT2D eigenvalue weighted by molar-refractivity contribution is -0.120. The van der Waals surface area contributed by atoms with Crippen molar-refractivity contribution in [3.05, 3.63) is 35.0 Å². The first-order valence-corrected chi connectivity index (χ1v) is 11.6. The Morgan fingerprint density at radius 3 is 2.88 bits per heavy atom. The molecule has 0 unspecified atom stereocenters. The summed E-state index contributed by atoms with van der Waals surface area (Å²) < 4.78 is 11.3. The smallest absolute Gasteiger partial charge is 0.296 e. The summed E-state index contributed by atoms with van der Waals surface area (Å²) in [7, 11) is 0. The molecule has 8 nitrogen and oxygen atoms in total. The van der Waals surface area contributed by atoms with Crippen molar-refractivity contribution < 1.29 is 14.3 Å². The predicted molar refractivity (Wildman–Crippen MR) is 125 cm³/mol. The van der Waals surface area contributed by atoms with Crippen LogP contribution >= 0.6 is 11.6 Å². The zero-order valence-corrected chi connectivity index (χ0v) is 19.3. The minimum absolute atomic E-state index is 0.0153. The number of imidazole rings is 1. The Kier molecular flexibility index (Phi) is 7.44. The molecule has 1 aliphatic carbocycles. The van der Waals surface area contributed by atoms with Crippen molar-refractivity contribution in [1.29, 1.82) is 0 Å². The molecule has 2 fully saturated rings. The van der Waals surface area contributed by atoms with Crippen LogP contribution in [0.1, 0.15) is 38.8 Å². The van der Waals surface area contributed by atoms with Gasteiger partial charge in [0.25, 0.3) is 6.01 Å². The Morgan fingerprint density at radius 2 is 2.16 bits per heavy atom. The van der Waals surface area contributed by atoms with Crippen molar-refractivity contribution in [3.8, 4) is 6.01 Å². The van der Waals surface area contributed by atoms with Gasteiger partial charge >= 0.3 is 0 Å². The standard InChI is InChI=1S/C23H30ClN5O3/c1-3-5-16(6-4-7-29-8-10-31-11-9-29)21-19(24)14-20-22(27-21)28-23(26-20)32-18-12-17(13-18)25-15(2)30/h4-6,14,17-18H,3,7-13H2,1-2H3,(H,25,30)(H,26,27,28)/b6-4-,16-5+. The fourth-order valence-corrected chi connectivity index (χ4v) is 4.22. The number of pyridine rings is 1. The van der Waals surface area contributed by atoms with E-state index in [-0.39, 0.29) is 18.1 Å². The molecule has 2 N–H and O–H groups in total. The molecular weight excluding hydrogens is 430 g/mol. The number of amides is 1. The monoisotopic (exact) mass is 459 g/mol. The number of carbonyl (C=O) groups excluding carboxylic acids is 1. The second-order valence-electron chi connectivity index (χ2n) is 8.22. The van der Waals surface area contributed by atoms with Crippen molar-refractivity contribution in [2.45, 2.75) is 45.3 Å². The number of nitrogens with one attached hydrogen (secondary N) is 2. The normalized spacial score (nSPS) is 22.3. The number of hydrogen-bond donors (Lipinski definition) is 2. The lowest BCUT2D eigenvalue weighted by atomic mass is 9.89. The van der Waals surface area contributed by atoms with Gasteiger partial charge in [-0.25, -0.2) is 4.98 Å². The molecular formula is C23H30ClN5O3. The number of halogens is 1. The molecule has 32 heavy (non-hydrogen) atoms. The number of rotatable bonds is 8. The van der Waals surface area contributed by atoms with E-state index in [1.165, 1.54) is 6.92 Å². The van der Waals surface area contributed by atoms with Crippen LogP contribution in [0.5, 0.6) is 6.01 Å². The molecule has 4 rings (SSSR count). The maximum Gasteiger partial charge on any atom is 0.296 e. The highest BCUT2D eigenvalue weighted by Gasteiger charge is 2.32. The zero-order valence-electron chi connectivity index (χ0n) is 18.6. The van der Waals surface area contributed by atoms with Crippen molar-refractivity contribution in [2.24, 2.45) is 0 Å². The molecule has 2 aliphatic rings. The summed E-state index contributed by atoms with van der Waals surface area (Å²) in [6.07, 6.45) is 8.80. The summed E-state index contributed by atoms with van der Waals surface area (Å²) in [5.74, 6) is -0.0153. The third-order valence-electron chi connectivity index (χ3n) is 5.65. The first-order valence-electron chi connectivity index (χ1n) is 11.2. The van der Waals surface area contributed by atoms with E-state index in [0.717, 1.165) is 63.2 Å². The van der Waals surface area contributed by atoms with Gasteiger partial charge in [-0.3, -0.25) is 9.69 Å². The topological polar surface area (TPSA) is 92.4 Å². The molecule has 1 aliphatic heterocycles. The maximum absolute atomic E-state index is 11.1. The Bertz CT molecular complexity index is 1010. The van der Waals surface area contributed by atoms with Crippen LogP contribution in [-0.4, -0.2) is 70.8 Å². The quantitative estimate of drug-likeness (QED) is 0.588. The van der Waals surface area contributed by atoms with Crippen LogP contribution in [0.4, 0.5) is 0 Å². The number of morpholine rings is 1. The highest BCUT2D eigenvalue weighted by atomic mass is 35.5. The fourth-order valence-electron chi connectivity index (χ4n) is 3.96. The zero-order chi connectivity index (χ0) is 22.5. The Labute approximate surface area is 193 Å². The number of nitrogens with zero attached hydrogens (tertiary/aromatic N) is 3. The Morgan fingerprint density at radius 1 is 1.38 bits per heavy atom. The predicted octanol–water partition coefficient (Wildman–Crippen LogP) is 3.34. The molecule has 1 saturated heterocycles. The molecule has 0 aromatic carbocycles. The third-order valence-corrected chi connectivity index (χ3v) is 5.94. The number of carbonyl (C=O) groups is 1. The lowest BCUT2D eigenvalue weighted by Crippen LogP contribution is -2.48. The van der Waals surface area contributed by atoms with E-state index < -0.39 is 0 Å². The molecule has 9 heteroatoms. The van der Waals surface area contributed by atoms with Crippen molar-refractivity contribution >= 4 is 34.2 Å². The Hall–Kier alpha value is -2.42. The minimum Gasteiger partial charge on any atom is -0.461 e. The molecule has 172 valence electrons. The van der Waals surface area contributed by atoms with Gasteiger partial charge in [0, 0.05) is 45.4 Å². The van der Waals surface area contributed by atoms with Crippen LogP contribution in [0, 0.1) is 0 Å². The van der Waals surface area contributed by atoms with Crippen LogP contribution in [-0.2, 0) is 9.53 Å². The van der Waals surface area contributed by atoms with Crippen LogP contribution in [0.3, 0.4) is 0 Å². The number of hydrogen-bond acceptors (Lipinski definition) is 6. The summed E-state index contributed by atoms with van der Waals surface area (Å²) >= 11 is 6.59. The molecule has 3 heterocycles. The molecule has 0 bridgehead atoms. The van der Waals surface area contributed by atoms with Gasteiger partial charge in [0.1, 0.15) is 6.10 Å². The molecule has 0 atom stereocenters. The molecule has 1 saturated carbocycles. The summed E-state index contributed by atoms with van der Waals surface area (Å²) in [6, 6.07) is 2.45. The average Bonchev–Trinajstić information content (AvgIpc) is 3.12. The third kappa shape index (κ3) is 5.68. The van der Waals surface area contributed by atoms with Gasteiger partial charge in [0.15, 0.2) is 5.65 Å². The van der Waals surface area contributed by atoms with Crippen LogP contribution in [0.15, 0.2) is 24.3 Å². The highest BCUT2D eigenvalue weighted by molar-refractivity contribution is 6.32. The number of aromatic amines is 1. The van der Waals surface area contributed by atoms with Gasteiger partial charge in [-0.1, -0.05) is 36.8 Å². The highest BCUT2D eigenvalue weighted by Crippen LogP contribution is 2.29. The SMILES string of the molecule is CC/C=C(\C=C/CN1CCOCC1)c1nc2nc(OC3CC(NC(C)=O)C3)[nH]c2cc1Cl. The van der Waals surface area contributed by atoms with E-state index in [1.807, 2.05) is 6.07 Å². The Balaban J connectivity index is 1.45. The van der Waals surface area contributed by atoms with E-state index in [1.54, 1.807) is 0 Å². The number of ether oxygens (including phenoxy) is 2. The lowest BCUT2D eigenvalue weighted by Gasteiger charge is -2.34. The average molecular weight is 460 g/mol. The van der Waals surface area contributed by atoms with Crippen molar-refractivity contribution in [2.75, 3.05) is 32.8 Å². The van der Waals surface area contributed by atoms with Gasteiger partial charge in [0.05, 0.1) is 29.4 Å². The number of H-pyrrole nitrogens is 1. The molecule has 0 radical (unpaired) electrons. The minimum atomic E-state index is -0.0153. The van der Waals surface area contributed by atoms with Gasteiger partial charge in [-0.15, -0.1) is 0 Å². The van der Waals surface area contributed by atoms with Crippen LogP contribution in [0.25, 0.3) is 16.7 Å². The maximum atomic E-state index is 11.1. The second-order valence-corrected chi connectivity index (χ2v) is 8.63. The van der Waals surface area contributed by atoms with Gasteiger partial charge in [-0.2, -0.15) is 4.98 Å².